The van der Waals surface area contributed by atoms with Crippen molar-refractivity contribution < 1.29 is 0 Å². The van der Waals surface area contributed by atoms with Crippen LogP contribution in [0, 0.1) is 0 Å². The van der Waals surface area contributed by atoms with Crippen molar-refractivity contribution in [1.29, 1.82) is 0 Å². The number of aromatic nitrogens is 4. The van der Waals surface area contributed by atoms with E-state index in [1.807, 2.05) is 17.1 Å². The minimum absolute atomic E-state index is 0. The minimum Gasteiger partial charge on any atom is -0.377 e. The molecule has 0 saturated heterocycles. The molecule has 0 aromatic carbocycles. The summed E-state index contributed by atoms with van der Waals surface area (Å²) in [5.41, 5.74) is 3.59. The molecule has 5 nitrogen and oxygen atoms in total. The largest absolute Gasteiger partial charge is 0.377 e. The molecule has 1 aliphatic carbocycles. The van der Waals surface area contributed by atoms with Gasteiger partial charge in [0, 0.05) is 24.7 Å². The maximum absolute atomic E-state index is 4.76. The highest BCUT2D eigenvalue weighted by atomic mass is 35.5. The van der Waals surface area contributed by atoms with Crippen LogP contribution < -0.4 is 5.32 Å². The molecule has 2 heterocycles. The molecule has 1 saturated carbocycles. The Bertz CT molecular complexity index is 583. The van der Waals surface area contributed by atoms with Crippen LogP contribution in [0.5, 0.6) is 0 Å². The van der Waals surface area contributed by atoms with E-state index in [-0.39, 0.29) is 12.4 Å². The first-order valence-corrected chi connectivity index (χ1v) is 7.52. The van der Waals surface area contributed by atoms with Crippen LogP contribution >= 0.6 is 12.4 Å². The predicted octanol–water partition coefficient (Wildman–Crippen LogP) is 3.59. The van der Waals surface area contributed by atoms with E-state index in [9.17, 15) is 0 Å². The van der Waals surface area contributed by atoms with Crippen molar-refractivity contribution >= 4 is 18.1 Å². The number of rotatable bonds is 6. The van der Waals surface area contributed by atoms with Crippen LogP contribution in [0.4, 0.5) is 5.69 Å². The highest BCUT2D eigenvalue weighted by Crippen LogP contribution is 2.39. The average Bonchev–Trinajstić information content (AvgIpc) is 3.03. The zero-order chi connectivity index (χ0) is 14.1. The molecular weight excluding hydrogens is 286 g/mol. The molecule has 2 aromatic rings. The lowest BCUT2D eigenvalue weighted by Gasteiger charge is -2.11. The number of nitrogens with zero attached hydrogens (tertiary/aromatic N) is 4. The third-order valence-corrected chi connectivity index (χ3v) is 3.75. The number of hydrogen-bond acceptors (Lipinski definition) is 3. The first-order valence-electron chi connectivity index (χ1n) is 7.52. The van der Waals surface area contributed by atoms with E-state index in [0.29, 0.717) is 12.0 Å². The minimum atomic E-state index is 0. The summed E-state index contributed by atoms with van der Waals surface area (Å²) in [5.74, 6) is 0.705. The van der Waals surface area contributed by atoms with Crippen LogP contribution in [0.15, 0.2) is 18.5 Å². The molecule has 1 fully saturated rings. The summed E-state index contributed by atoms with van der Waals surface area (Å²) in [7, 11) is 0. The Morgan fingerprint density at radius 3 is 2.71 bits per heavy atom. The van der Waals surface area contributed by atoms with Crippen molar-refractivity contribution in [2.75, 3.05) is 5.32 Å². The summed E-state index contributed by atoms with van der Waals surface area (Å²) in [5, 5.41) is 12.5. The van der Waals surface area contributed by atoms with Crippen LogP contribution in [0.2, 0.25) is 0 Å². The van der Waals surface area contributed by atoms with Crippen LogP contribution in [-0.4, -0.2) is 19.6 Å². The lowest BCUT2D eigenvalue weighted by molar-refractivity contribution is 0.507. The van der Waals surface area contributed by atoms with Crippen LogP contribution in [0.3, 0.4) is 0 Å². The SMILES string of the molecule is CCn1cc(NCc2cc(C3CC3)nn2C(C)C)cn1.Cl. The zero-order valence-corrected chi connectivity index (χ0v) is 13.7. The lowest BCUT2D eigenvalue weighted by Crippen LogP contribution is -2.11. The lowest BCUT2D eigenvalue weighted by atomic mass is 10.2. The number of anilines is 1. The molecule has 1 N–H and O–H groups in total. The molecule has 0 radical (unpaired) electrons. The second-order valence-electron chi connectivity index (χ2n) is 5.81. The van der Waals surface area contributed by atoms with Gasteiger partial charge in [-0.15, -0.1) is 12.4 Å². The molecule has 3 rings (SSSR count). The fraction of sp³-hybridized carbons (Fsp3) is 0.600. The summed E-state index contributed by atoms with van der Waals surface area (Å²) in [6.07, 6.45) is 6.51. The van der Waals surface area contributed by atoms with Gasteiger partial charge < -0.3 is 5.32 Å². The van der Waals surface area contributed by atoms with Gasteiger partial charge in [0.1, 0.15) is 0 Å². The third kappa shape index (κ3) is 3.59. The molecule has 1 aliphatic rings. The van der Waals surface area contributed by atoms with Gasteiger partial charge in [-0.2, -0.15) is 10.2 Å². The van der Waals surface area contributed by atoms with Gasteiger partial charge in [0.15, 0.2) is 0 Å². The quantitative estimate of drug-likeness (QED) is 0.887. The van der Waals surface area contributed by atoms with Gasteiger partial charge >= 0.3 is 0 Å². The second-order valence-corrected chi connectivity index (χ2v) is 5.81. The fourth-order valence-corrected chi connectivity index (χ4v) is 2.43. The fourth-order valence-electron chi connectivity index (χ4n) is 2.43. The van der Waals surface area contributed by atoms with Crippen molar-refractivity contribution in [3.05, 3.63) is 29.8 Å². The summed E-state index contributed by atoms with van der Waals surface area (Å²) < 4.78 is 4.07. The molecule has 116 valence electrons. The van der Waals surface area contributed by atoms with Gasteiger partial charge in [-0.3, -0.25) is 9.36 Å². The first kappa shape index (κ1) is 15.9. The standard InChI is InChI=1S/C15H23N5.ClH/c1-4-19-10-13(8-17-19)16-9-14-7-15(12-5-6-12)18-20(14)11(2)3;/h7-8,10-12,16H,4-6,9H2,1-3H3;1H. The second kappa shape index (κ2) is 6.52. The number of halogens is 1. The first-order chi connectivity index (χ1) is 9.67. The Morgan fingerprint density at radius 1 is 1.38 bits per heavy atom. The van der Waals surface area contributed by atoms with Gasteiger partial charge in [0.2, 0.25) is 0 Å². The van der Waals surface area contributed by atoms with Crippen molar-refractivity contribution in [3.8, 4) is 0 Å². The Balaban J connectivity index is 0.00000161. The maximum atomic E-state index is 4.76. The topological polar surface area (TPSA) is 47.7 Å². The predicted molar refractivity (Wildman–Crippen MR) is 87.1 cm³/mol. The number of nitrogens with one attached hydrogen (secondary N) is 1. The van der Waals surface area contributed by atoms with Crippen LogP contribution in [0.1, 0.15) is 57.0 Å². The van der Waals surface area contributed by atoms with Gasteiger partial charge in [0.25, 0.3) is 0 Å². The van der Waals surface area contributed by atoms with E-state index in [1.54, 1.807) is 0 Å². The van der Waals surface area contributed by atoms with E-state index in [1.165, 1.54) is 24.2 Å². The third-order valence-electron chi connectivity index (χ3n) is 3.75. The maximum Gasteiger partial charge on any atom is 0.0729 e. The highest BCUT2D eigenvalue weighted by Gasteiger charge is 2.27. The van der Waals surface area contributed by atoms with E-state index in [4.69, 9.17) is 5.10 Å². The van der Waals surface area contributed by atoms with Gasteiger partial charge in [-0.05, 0) is 39.7 Å². The van der Waals surface area contributed by atoms with E-state index in [2.05, 4.69) is 41.9 Å². The van der Waals surface area contributed by atoms with Crippen molar-refractivity contribution in [3.63, 3.8) is 0 Å². The van der Waals surface area contributed by atoms with Gasteiger partial charge in [0.05, 0.1) is 29.8 Å². The summed E-state index contributed by atoms with van der Waals surface area (Å²) in [4.78, 5) is 0. The number of hydrogen-bond donors (Lipinski definition) is 1. The van der Waals surface area contributed by atoms with Crippen molar-refractivity contribution in [1.82, 2.24) is 19.6 Å². The van der Waals surface area contributed by atoms with Crippen LogP contribution in [0.25, 0.3) is 0 Å². The Kier molecular flexibility index (Phi) is 4.93. The van der Waals surface area contributed by atoms with E-state index < -0.39 is 0 Å². The molecule has 2 aromatic heterocycles. The normalized spacial score (nSPS) is 14.3. The molecule has 0 spiro atoms. The molecule has 21 heavy (non-hydrogen) atoms. The van der Waals surface area contributed by atoms with Gasteiger partial charge in [-0.25, -0.2) is 0 Å². The van der Waals surface area contributed by atoms with E-state index in [0.717, 1.165) is 18.8 Å². The Hall–Kier alpha value is -1.49. The zero-order valence-electron chi connectivity index (χ0n) is 12.9. The molecule has 0 aliphatic heterocycles. The number of aryl methyl sites for hydroxylation is 1. The highest BCUT2D eigenvalue weighted by molar-refractivity contribution is 5.85. The molecule has 0 amide bonds. The summed E-state index contributed by atoms with van der Waals surface area (Å²) in [6, 6.07) is 2.66. The van der Waals surface area contributed by atoms with E-state index >= 15 is 0 Å². The van der Waals surface area contributed by atoms with Crippen molar-refractivity contribution in [2.24, 2.45) is 0 Å². The Morgan fingerprint density at radius 2 is 2.14 bits per heavy atom. The van der Waals surface area contributed by atoms with Crippen LogP contribution in [-0.2, 0) is 13.1 Å². The van der Waals surface area contributed by atoms with Gasteiger partial charge in [-0.1, -0.05) is 0 Å². The molecule has 0 bridgehead atoms. The summed E-state index contributed by atoms with van der Waals surface area (Å²) in [6.45, 7) is 8.15. The molecule has 6 heteroatoms. The smallest absolute Gasteiger partial charge is 0.0729 e. The summed E-state index contributed by atoms with van der Waals surface area (Å²) >= 11 is 0. The molecular formula is C15H24ClN5. The van der Waals surface area contributed by atoms with Crippen molar-refractivity contribution in [2.45, 2.75) is 58.7 Å². The Labute approximate surface area is 132 Å². The monoisotopic (exact) mass is 309 g/mol. The molecule has 0 unspecified atom stereocenters. The average molecular weight is 310 g/mol. The molecule has 0 atom stereocenters.